The number of amides is 1. The highest BCUT2D eigenvalue weighted by Gasteiger charge is 2.26. The van der Waals surface area contributed by atoms with Crippen LogP contribution in [0.25, 0.3) is 0 Å². The third kappa shape index (κ3) is 4.62. The summed E-state index contributed by atoms with van der Waals surface area (Å²) in [6.45, 7) is 3.75. The molecule has 3 aromatic rings. The van der Waals surface area contributed by atoms with E-state index >= 15 is 0 Å². The molecule has 0 saturated carbocycles. The number of ether oxygens (including phenoxy) is 1. The fraction of sp³-hybridized carbons (Fsp3) is 0.130. The number of hydrogen-bond acceptors (Lipinski definition) is 3. The number of anilines is 1. The Balaban J connectivity index is 1.85. The topological polar surface area (TPSA) is 55.4 Å². The summed E-state index contributed by atoms with van der Waals surface area (Å²) in [7, 11) is 0. The summed E-state index contributed by atoms with van der Waals surface area (Å²) >= 11 is 0. The lowest BCUT2D eigenvalue weighted by Crippen LogP contribution is -2.26. The Morgan fingerprint density at radius 2 is 1.61 bits per heavy atom. The van der Waals surface area contributed by atoms with Crippen LogP contribution in [-0.4, -0.2) is 11.9 Å². The van der Waals surface area contributed by atoms with Gasteiger partial charge in [0.2, 0.25) is 6.10 Å². The summed E-state index contributed by atoms with van der Waals surface area (Å²) in [5.41, 5.74) is 3.16. The van der Waals surface area contributed by atoms with Crippen molar-refractivity contribution < 1.29 is 18.7 Å². The molecule has 0 saturated heterocycles. The summed E-state index contributed by atoms with van der Waals surface area (Å²) in [6.07, 6.45) is -1.14. The number of esters is 1. The van der Waals surface area contributed by atoms with Crippen molar-refractivity contribution in [3.05, 3.63) is 101 Å². The Bertz CT molecular complexity index is 984. The van der Waals surface area contributed by atoms with E-state index in [9.17, 15) is 14.0 Å². The van der Waals surface area contributed by atoms with Gasteiger partial charge in [-0.3, -0.25) is 4.79 Å². The minimum absolute atomic E-state index is 0.404. The predicted octanol–water partition coefficient (Wildman–Crippen LogP) is 4.98. The van der Waals surface area contributed by atoms with E-state index in [1.54, 1.807) is 30.3 Å². The first-order valence-electron chi connectivity index (χ1n) is 8.83. The first-order chi connectivity index (χ1) is 13.4. The molecule has 0 heterocycles. The molecule has 5 heteroatoms. The van der Waals surface area contributed by atoms with Crippen LogP contribution in [0.15, 0.2) is 72.8 Å². The van der Waals surface area contributed by atoms with Crippen molar-refractivity contribution in [2.75, 3.05) is 5.32 Å². The molecule has 28 heavy (non-hydrogen) atoms. The van der Waals surface area contributed by atoms with Crippen LogP contribution in [0.3, 0.4) is 0 Å². The molecule has 1 atom stereocenters. The Kier molecular flexibility index (Phi) is 5.84. The molecule has 4 nitrogen and oxygen atoms in total. The molecule has 0 spiro atoms. The van der Waals surface area contributed by atoms with Gasteiger partial charge in [-0.15, -0.1) is 0 Å². The molecule has 0 aliphatic carbocycles. The van der Waals surface area contributed by atoms with Crippen molar-refractivity contribution in [2.24, 2.45) is 0 Å². The minimum atomic E-state index is -1.14. The molecule has 3 aromatic carbocycles. The van der Waals surface area contributed by atoms with Crippen LogP contribution >= 0.6 is 0 Å². The van der Waals surface area contributed by atoms with Crippen molar-refractivity contribution in [2.45, 2.75) is 20.0 Å². The van der Waals surface area contributed by atoms with E-state index in [4.69, 9.17) is 4.74 Å². The molecule has 0 unspecified atom stereocenters. The summed E-state index contributed by atoms with van der Waals surface area (Å²) in [4.78, 5) is 25.5. The Morgan fingerprint density at radius 3 is 2.25 bits per heavy atom. The SMILES string of the molecule is Cc1ccc(C(=O)O[C@H](C(=O)Nc2ccc(F)cc2)c2ccccc2)c(C)c1. The number of halogens is 1. The van der Waals surface area contributed by atoms with E-state index < -0.39 is 23.8 Å². The highest BCUT2D eigenvalue weighted by molar-refractivity contribution is 5.98. The van der Waals surface area contributed by atoms with E-state index in [0.717, 1.165) is 11.1 Å². The monoisotopic (exact) mass is 377 g/mol. The molecule has 1 N–H and O–H groups in total. The van der Waals surface area contributed by atoms with Gasteiger partial charge in [0.1, 0.15) is 5.82 Å². The fourth-order valence-electron chi connectivity index (χ4n) is 2.85. The van der Waals surface area contributed by atoms with Crippen LogP contribution < -0.4 is 5.32 Å². The second kappa shape index (κ2) is 8.48. The Morgan fingerprint density at radius 1 is 0.929 bits per heavy atom. The maximum atomic E-state index is 13.1. The van der Waals surface area contributed by atoms with Crippen molar-refractivity contribution in [3.8, 4) is 0 Å². The third-order valence-corrected chi connectivity index (χ3v) is 4.28. The summed E-state index contributed by atoms with van der Waals surface area (Å²) in [6, 6.07) is 19.5. The predicted molar refractivity (Wildman–Crippen MR) is 106 cm³/mol. The molecule has 0 bridgehead atoms. The van der Waals surface area contributed by atoms with Gasteiger partial charge in [-0.25, -0.2) is 9.18 Å². The summed E-state index contributed by atoms with van der Waals surface area (Å²) in [5.74, 6) is -1.50. The third-order valence-electron chi connectivity index (χ3n) is 4.28. The molecular weight excluding hydrogens is 357 g/mol. The Hall–Kier alpha value is -3.47. The molecule has 1 amide bonds. The second-order valence-electron chi connectivity index (χ2n) is 6.51. The summed E-state index contributed by atoms with van der Waals surface area (Å²) in [5, 5.41) is 2.67. The van der Waals surface area contributed by atoms with Crippen molar-refractivity contribution in [1.29, 1.82) is 0 Å². The lowest BCUT2D eigenvalue weighted by atomic mass is 10.1. The summed E-state index contributed by atoms with van der Waals surface area (Å²) < 4.78 is 18.7. The van der Waals surface area contributed by atoms with Crippen molar-refractivity contribution >= 4 is 17.6 Å². The van der Waals surface area contributed by atoms with Crippen LogP contribution in [-0.2, 0) is 9.53 Å². The number of rotatable bonds is 5. The quantitative estimate of drug-likeness (QED) is 0.638. The zero-order valence-electron chi connectivity index (χ0n) is 15.6. The molecular formula is C23H20FNO3. The van der Waals surface area contributed by atoms with Crippen molar-refractivity contribution in [3.63, 3.8) is 0 Å². The van der Waals surface area contributed by atoms with Crippen molar-refractivity contribution in [1.82, 2.24) is 0 Å². The highest BCUT2D eigenvalue weighted by atomic mass is 19.1. The van der Waals surface area contributed by atoms with Crippen LogP contribution in [0.4, 0.5) is 10.1 Å². The van der Waals surface area contributed by atoms with Gasteiger partial charge in [0.25, 0.3) is 5.91 Å². The number of nitrogens with one attached hydrogen (secondary N) is 1. The van der Waals surface area contributed by atoms with Crippen LogP contribution in [0, 0.1) is 19.7 Å². The number of aryl methyl sites for hydroxylation is 2. The standard InChI is InChI=1S/C23H20FNO3/c1-15-8-13-20(16(2)14-15)23(27)28-21(17-6-4-3-5-7-17)22(26)25-19-11-9-18(24)10-12-19/h3-14,21H,1-2H3,(H,25,26)/t21-/m0/s1. The van der Waals surface area contributed by atoms with E-state index in [0.29, 0.717) is 16.8 Å². The van der Waals surface area contributed by atoms with E-state index in [2.05, 4.69) is 5.32 Å². The van der Waals surface area contributed by atoms with Crippen LogP contribution in [0.2, 0.25) is 0 Å². The molecule has 0 radical (unpaired) electrons. The van der Waals surface area contributed by atoms with Crippen LogP contribution in [0.1, 0.15) is 33.2 Å². The molecule has 0 fully saturated rings. The molecule has 0 aliphatic rings. The normalized spacial score (nSPS) is 11.5. The average molecular weight is 377 g/mol. The molecule has 3 rings (SSSR count). The zero-order chi connectivity index (χ0) is 20.1. The molecule has 0 aliphatic heterocycles. The second-order valence-corrected chi connectivity index (χ2v) is 6.51. The van der Waals surface area contributed by atoms with Gasteiger partial charge in [0, 0.05) is 11.3 Å². The number of carbonyl (C=O) groups excluding carboxylic acids is 2. The van der Waals surface area contributed by atoms with Gasteiger partial charge in [0.05, 0.1) is 5.56 Å². The van der Waals surface area contributed by atoms with Crippen LogP contribution in [0.5, 0.6) is 0 Å². The highest BCUT2D eigenvalue weighted by Crippen LogP contribution is 2.23. The maximum absolute atomic E-state index is 13.1. The first-order valence-corrected chi connectivity index (χ1v) is 8.83. The first kappa shape index (κ1) is 19.3. The van der Waals surface area contributed by atoms with Gasteiger partial charge in [-0.2, -0.15) is 0 Å². The van der Waals surface area contributed by atoms with E-state index in [-0.39, 0.29) is 0 Å². The van der Waals surface area contributed by atoms with Gasteiger partial charge in [0.15, 0.2) is 0 Å². The number of carbonyl (C=O) groups is 2. The average Bonchev–Trinajstić information content (AvgIpc) is 2.68. The van der Waals surface area contributed by atoms with E-state index in [1.807, 2.05) is 32.0 Å². The largest absolute Gasteiger partial charge is 0.444 e. The lowest BCUT2D eigenvalue weighted by Gasteiger charge is -2.19. The molecule has 142 valence electrons. The number of benzene rings is 3. The zero-order valence-corrected chi connectivity index (χ0v) is 15.6. The Labute approximate surface area is 163 Å². The fourth-order valence-corrected chi connectivity index (χ4v) is 2.85. The van der Waals surface area contributed by atoms with Gasteiger partial charge >= 0.3 is 5.97 Å². The minimum Gasteiger partial charge on any atom is -0.444 e. The lowest BCUT2D eigenvalue weighted by molar-refractivity contribution is -0.125. The van der Waals surface area contributed by atoms with Gasteiger partial charge < -0.3 is 10.1 Å². The smallest absolute Gasteiger partial charge is 0.339 e. The van der Waals surface area contributed by atoms with Gasteiger partial charge in [-0.05, 0) is 49.7 Å². The number of hydrogen-bond donors (Lipinski definition) is 1. The van der Waals surface area contributed by atoms with E-state index in [1.165, 1.54) is 24.3 Å². The molecule has 0 aromatic heterocycles. The maximum Gasteiger partial charge on any atom is 0.339 e. The van der Waals surface area contributed by atoms with Gasteiger partial charge in [-0.1, -0.05) is 48.0 Å².